The number of fused-ring (bicyclic) bond motifs is 1. The number of rotatable bonds is 7. The number of ether oxygens (including phenoxy) is 1. The third-order valence-corrected chi connectivity index (χ3v) is 5.72. The molecule has 0 spiro atoms. The van der Waals surface area contributed by atoms with Gasteiger partial charge in [-0.3, -0.25) is 9.59 Å². The maximum Gasteiger partial charge on any atom is 0.321 e. The normalized spacial score (nSPS) is 25.8. The Labute approximate surface area is 161 Å². The van der Waals surface area contributed by atoms with Gasteiger partial charge < -0.3 is 24.3 Å². The maximum absolute atomic E-state index is 13.0. The second kappa shape index (κ2) is 8.46. The van der Waals surface area contributed by atoms with Gasteiger partial charge in [-0.05, 0) is 25.2 Å². The van der Waals surface area contributed by atoms with Crippen LogP contribution in [0.25, 0.3) is 0 Å². The van der Waals surface area contributed by atoms with Crippen LogP contribution in [-0.4, -0.2) is 103 Å². The summed E-state index contributed by atoms with van der Waals surface area (Å²) in [6, 6.07) is -0.667. The van der Waals surface area contributed by atoms with Crippen molar-refractivity contribution in [1.29, 1.82) is 0 Å². The van der Waals surface area contributed by atoms with Crippen molar-refractivity contribution in [2.45, 2.75) is 45.2 Å². The molecule has 3 aliphatic heterocycles. The van der Waals surface area contributed by atoms with Crippen LogP contribution in [0.4, 0.5) is 4.79 Å². The van der Waals surface area contributed by atoms with E-state index in [1.165, 1.54) is 0 Å². The van der Waals surface area contributed by atoms with Crippen molar-refractivity contribution in [1.82, 2.24) is 19.6 Å². The van der Waals surface area contributed by atoms with Crippen molar-refractivity contribution in [3.8, 4) is 0 Å². The first-order valence-corrected chi connectivity index (χ1v) is 10.0. The SMILES string of the molecule is COCCN1C[C@H]2CN(CC(=O)N3CCCC3)C(=O)N2[C@@H](CC(C)C)C1=O. The molecule has 152 valence electrons. The first-order chi connectivity index (χ1) is 12.9. The molecule has 0 saturated carbocycles. The third-order valence-electron chi connectivity index (χ3n) is 5.72. The standard InChI is InChI=1S/C19H32N4O4/c1-14(2)10-16-18(25)21(8-9-27-3)11-15-12-22(19(26)23(15)16)13-17(24)20-6-4-5-7-20/h14-16H,4-13H2,1-3H3/t15-,16-/m0/s1. The molecule has 0 aliphatic carbocycles. The molecule has 2 atom stereocenters. The number of hydrogen-bond donors (Lipinski definition) is 0. The number of carbonyl (C=O) groups excluding carboxylic acids is 3. The fourth-order valence-corrected chi connectivity index (χ4v) is 4.37. The minimum atomic E-state index is -0.444. The zero-order valence-electron chi connectivity index (χ0n) is 16.7. The minimum Gasteiger partial charge on any atom is -0.383 e. The Kier molecular flexibility index (Phi) is 6.24. The van der Waals surface area contributed by atoms with Crippen LogP contribution in [0.15, 0.2) is 0 Å². The quantitative estimate of drug-likeness (QED) is 0.649. The number of amides is 4. The zero-order valence-corrected chi connectivity index (χ0v) is 16.7. The number of likely N-dealkylation sites (tertiary alicyclic amines) is 1. The summed E-state index contributed by atoms with van der Waals surface area (Å²) in [4.78, 5) is 45.5. The van der Waals surface area contributed by atoms with E-state index in [0.717, 1.165) is 25.9 Å². The van der Waals surface area contributed by atoms with Crippen LogP contribution < -0.4 is 0 Å². The lowest BCUT2D eigenvalue weighted by Gasteiger charge is -2.42. The zero-order chi connectivity index (χ0) is 19.6. The molecule has 8 nitrogen and oxygen atoms in total. The summed E-state index contributed by atoms with van der Waals surface area (Å²) in [6.45, 7) is 7.85. The Hall–Kier alpha value is -1.83. The van der Waals surface area contributed by atoms with Crippen molar-refractivity contribution in [2.24, 2.45) is 5.92 Å². The van der Waals surface area contributed by atoms with Crippen molar-refractivity contribution in [2.75, 3.05) is 53.0 Å². The molecule has 0 aromatic rings. The average Bonchev–Trinajstić information content (AvgIpc) is 3.25. The highest BCUT2D eigenvalue weighted by atomic mass is 16.5. The van der Waals surface area contributed by atoms with Gasteiger partial charge in [-0.1, -0.05) is 13.8 Å². The molecule has 0 aromatic carbocycles. The number of piperazine rings is 1. The summed E-state index contributed by atoms with van der Waals surface area (Å²) in [7, 11) is 1.62. The van der Waals surface area contributed by atoms with Gasteiger partial charge in [0.2, 0.25) is 11.8 Å². The molecule has 27 heavy (non-hydrogen) atoms. The molecule has 0 N–H and O–H groups in total. The molecule has 3 rings (SSSR count). The van der Waals surface area contributed by atoms with E-state index in [1.807, 2.05) is 9.80 Å². The van der Waals surface area contributed by atoms with Crippen molar-refractivity contribution >= 4 is 17.8 Å². The molecule has 0 bridgehead atoms. The number of urea groups is 1. The summed E-state index contributed by atoms with van der Waals surface area (Å²) < 4.78 is 5.14. The summed E-state index contributed by atoms with van der Waals surface area (Å²) in [5, 5.41) is 0. The van der Waals surface area contributed by atoms with E-state index >= 15 is 0 Å². The summed E-state index contributed by atoms with van der Waals surface area (Å²) in [5.74, 6) is 0.316. The van der Waals surface area contributed by atoms with Gasteiger partial charge in [0.1, 0.15) is 12.6 Å². The van der Waals surface area contributed by atoms with E-state index in [4.69, 9.17) is 4.74 Å². The monoisotopic (exact) mass is 380 g/mol. The highest BCUT2D eigenvalue weighted by molar-refractivity contribution is 5.92. The van der Waals surface area contributed by atoms with E-state index in [9.17, 15) is 14.4 Å². The van der Waals surface area contributed by atoms with Gasteiger partial charge in [-0.2, -0.15) is 0 Å². The summed E-state index contributed by atoms with van der Waals surface area (Å²) in [5.41, 5.74) is 0. The van der Waals surface area contributed by atoms with E-state index in [2.05, 4.69) is 13.8 Å². The number of hydrogen-bond acceptors (Lipinski definition) is 4. The van der Waals surface area contributed by atoms with Crippen molar-refractivity contribution in [3.05, 3.63) is 0 Å². The van der Waals surface area contributed by atoms with Crippen molar-refractivity contribution < 1.29 is 19.1 Å². The number of carbonyl (C=O) groups is 3. The van der Waals surface area contributed by atoms with Crippen LogP contribution in [-0.2, 0) is 14.3 Å². The van der Waals surface area contributed by atoms with Gasteiger partial charge in [0.05, 0.1) is 12.6 Å². The fraction of sp³-hybridized carbons (Fsp3) is 0.842. The molecule has 0 radical (unpaired) electrons. The number of nitrogens with zero attached hydrogens (tertiary/aromatic N) is 4. The lowest BCUT2D eigenvalue weighted by atomic mass is 9.97. The van der Waals surface area contributed by atoms with E-state index in [1.54, 1.807) is 16.9 Å². The Balaban J connectivity index is 1.72. The van der Waals surface area contributed by atoms with E-state index in [-0.39, 0.29) is 30.4 Å². The summed E-state index contributed by atoms with van der Waals surface area (Å²) in [6.07, 6.45) is 2.71. The first kappa shape index (κ1) is 19.9. The average molecular weight is 380 g/mol. The van der Waals surface area contributed by atoms with E-state index < -0.39 is 6.04 Å². The van der Waals surface area contributed by atoms with Gasteiger partial charge in [0, 0.05) is 39.8 Å². The van der Waals surface area contributed by atoms with Gasteiger partial charge in [-0.15, -0.1) is 0 Å². The van der Waals surface area contributed by atoms with Crippen LogP contribution in [0, 0.1) is 5.92 Å². The van der Waals surface area contributed by atoms with Crippen LogP contribution in [0.5, 0.6) is 0 Å². The second-order valence-electron chi connectivity index (χ2n) is 8.23. The van der Waals surface area contributed by atoms with Crippen LogP contribution in [0.1, 0.15) is 33.1 Å². The number of methoxy groups -OCH3 is 1. The molecule has 0 unspecified atom stereocenters. The lowest BCUT2D eigenvalue weighted by molar-refractivity contribution is -0.143. The smallest absolute Gasteiger partial charge is 0.321 e. The first-order valence-electron chi connectivity index (χ1n) is 10.0. The largest absolute Gasteiger partial charge is 0.383 e. The molecule has 4 amide bonds. The lowest BCUT2D eigenvalue weighted by Crippen LogP contribution is -2.61. The minimum absolute atomic E-state index is 0.00179. The summed E-state index contributed by atoms with van der Waals surface area (Å²) >= 11 is 0. The molecule has 3 heterocycles. The Morgan fingerprint density at radius 2 is 1.81 bits per heavy atom. The molecule has 3 fully saturated rings. The maximum atomic E-state index is 13.0. The van der Waals surface area contributed by atoms with Gasteiger partial charge in [0.15, 0.2) is 0 Å². The van der Waals surface area contributed by atoms with Crippen molar-refractivity contribution in [3.63, 3.8) is 0 Å². The second-order valence-corrected chi connectivity index (χ2v) is 8.23. The third kappa shape index (κ3) is 4.20. The van der Waals surface area contributed by atoms with Gasteiger partial charge in [0.25, 0.3) is 0 Å². The topological polar surface area (TPSA) is 73.4 Å². The van der Waals surface area contributed by atoms with Crippen LogP contribution >= 0.6 is 0 Å². The molecular weight excluding hydrogens is 348 g/mol. The molecule has 3 aliphatic rings. The Morgan fingerprint density at radius 3 is 2.44 bits per heavy atom. The van der Waals surface area contributed by atoms with Crippen LogP contribution in [0.2, 0.25) is 0 Å². The predicted molar refractivity (Wildman–Crippen MR) is 100 cm³/mol. The highest BCUT2D eigenvalue weighted by Gasteiger charge is 2.49. The molecule has 8 heteroatoms. The van der Waals surface area contributed by atoms with Crippen LogP contribution in [0.3, 0.4) is 0 Å². The Morgan fingerprint density at radius 1 is 1.15 bits per heavy atom. The predicted octanol–water partition coefficient (Wildman–Crippen LogP) is 0.618. The Bertz CT molecular complexity index is 576. The molecule has 3 saturated heterocycles. The fourth-order valence-electron chi connectivity index (χ4n) is 4.37. The molecule has 0 aromatic heterocycles. The van der Waals surface area contributed by atoms with Gasteiger partial charge in [-0.25, -0.2) is 4.79 Å². The van der Waals surface area contributed by atoms with E-state index in [0.29, 0.717) is 38.6 Å². The molecular formula is C19H32N4O4. The highest BCUT2D eigenvalue weighted by Crippen LogP contribution is 2.29. The van der Waals surface area contributed by atoms with Gasteiger partial charge >= 0.3 is 6.03 Å².